The van der Waals surface area contributed by atoms with Crippen molar-refractivity contribution < 1.29 is 4.79 Å². The molecule has 134 valence electrons. The lowest BCUT2D eigenvalue weighted by molar-refractivity contribution is 0.0905. The maximum atomic E-state index is 12.6. The van der Waals surface area contributed by atoms with Gasteiger partial charge in [0, 0.05) is 36.6 Å². The second kappa shape index (κ2) is 7.71. The van der Waals surface area contributed by atoms with Gasteiger partial charge in [-0.15, -0.1) is 0 Å². The lowest BCUT2D eigenvalue weighted by atomic mass is 9.92. The molecule has 3 rings (SSSR count). The Morgan fingerprint density at radius 3 is 2.72 bits per heavy atom. The Morgan fingerprint density at radius 2 is 2.00 bits per heavy atom. The number of rotatable bonds is 4. The lowest BCUT2D eigenvalue weighted by Gasteiger charge is -2.36. The van der Waals surface area contributed by atoms with Crippen LogP contribution in [0.4, 0.5) is 0 Å². The van der Waals surface area contributed by atoms with E-state index in [0.29, 0.717) is 10.7 Å². The quantitative estimate of drug-likeness (QED) is 0.840. The number of carbonyl (C=O) groups is 1. The van der Waals surface area contributed by atoms with E-state index in [1.165, 1.54) is 6.42 Å². The van der Waals surface area contributed by atoms with Crippen molar-refractivity contribution in [1.29, 1.82) is 0 Å². The van der Waals surface area contributed by atoms with E-state index in [9.17, 15) is 4.79 Å². The highest BCUT2D eigenvalue weighted by Gasteiger charge is 2.23. The number of pyridine rings is 1. The maximum absolute atomic E-state index is 12.6. The fourth-order valence-electron chi connectivity index (χ4n) is 3.92. The number of aromatic nitrogens is 1. The van der Waals surface area contributed by atoms with Gasteiger partial charge in [0.25, 0.3) is 5.91 Å². The first-order valence-corrected chi connectivity index (χ1v) is 9.38. The molecule has 0 bridgehead atoms. The van der Waals surface area contributed by atoms with E-state index < -0.39 is 0 Å². The summed E-state index contributed by atoms with van der Waals surface area (Å²) in [6, 6.07) is 9.26. The second-order valence-electron chi connectivity index (χ2n) is 7.58. The predicted molar refractivity (Wildman–Crippen MR) is 103 cm³/mol. The van der Waals surface area contributed by atoms with Crippen LogP contribution in [0.1, 0.15) is 37.6 Å². The van der Waals surface area contributed by atoms with Crippen molar-refractivity contribution >= 4 is 28.4 Å². The molecule has 1 fully saturated rings. The summed E-state index contributed by atoms with van der Waals surface area (Å²) in [4.78, 5) is 19.3. The zero-order chi connectivity index (χ0) is 18.0. The van der Waals surface area contributed by atoms with Crippen LogP contribution in [0.15, 0.2) is 30.3 Å². The van der Waals surface area contributed by atoms with Crippen LogP contribution < -0.4 is 5.32 Å². The van der Waals surface area contributed by atoms with E-state index in [1.807, 2.05) is 18.2 Å². The van der Waals surface area contributed by atoms with Crippen LogP contribution in [-0.4, -0.2) is 41.5 Å². The Balaban J connectivity index is 1.62. The van der Waals surface area contributed by atoms with E-state index in [2.05, 4.69) is 36.0 Å². The number of nitrogens with zero attached hydrogens (tertiary/aromatic N) is 2. The third kappa shape index (κ3) is 4.71. The topological polar surface area (TPSA) is 45.2 Å². The molecule has 1 amide bonds. The van der Waals surface area contributed by atoms with Gasteiger partial charge in [0.1, 0.15) is 5.15 Å². The summed E-state index contributed by atoms with van der Waals surface area (Å²) in [5, 5.41) is 4.50. The molecule has 1 aromatic carbocycles. The molecule has 3 atom stereocenters. The third-order valence-corrected chi connectivity index (χ3v) is 4.98. The molecule has 2 heterocycles. The molecule has 1 aliphatic rings. The molecule has 0 saturated carbocycles. The van der Waals surface area contributed by atoms with Gasteiger partial charge in [-0.05, 0) is 55.5 Å². The summed E-state index contributed by atoms with van der Waals surface area (Å²) in [5.41, 5.74) is 1.46. The number of amides is 1. The number of hydrogen-bond donors (Lipinski definition) is 1. The number of halogens is 1. The minimum Gasteiger partial charge on any atom is -0.348 e. The Hall–Kier alpha value is -1.65. The summed E-state index contributed by atoms with van der Waals surface area (Å²) < 4.78 is 0. The summed E-state index contributed by atoms with van der Waals surface area (Å²) in [7, 11) is 0. The highest BCUT2D eigenvalue weighted by atomic mass is 35.5. The van der Waals surface area contributed by atoms with Crippen molar-refractivity contribution in [1.82, 2.24) is 15.2 Å². The molecular formula is C20H26ClN3O. The van der Waals surface area contributed by atoms with Gasteiger partial charge in [-0.1, -0.05) is 25.4 Å². The molecule has 25 heavy (non-hydrogen) atoms. The zero-order valence-corrected chi connectivity index (χ0v) is 15.9. The fraction of sp³-hybridized carbons (Fsp3) is 0.500. The van der Waals surface area contributed by atoms with Crippen molar-refractivity contribution in [3.63, 3.8) is 0 Å². The van der Waals surface area contributed by atoms with Crippen LogP contribution in [0.25, 0.3) is 10.9 Å². The van der Waals surface area contributed by atoms with E-state index in [-0.39, 0.29) is 11.9 Å². The highest BCUT2D eigenvalue weighted by Crippen LogP contribution is 2.21. The van der Waals surface area contributed by atoms with Gasteiger partial charge in [0.05, 0.1) is 5.52 Å². The molecule has 1 N–H and O–H groups in total. The van der Waals surface area contributed by atoms with Crippen LogP contribution in [0.2, 0.25) is 5.15 Å². The molecular weight excluding hydrogens is 334 g/mol. The van der Waals surface area contributed by atoms with E-state index in [4.69, 9.17) is 11.6 Å². The van der Waals surface area contributed by atoms with Crippen LogP contribution in [0, 0.1) is 11.8 Å². The zero-order valence-electron chi connectivity index (χ0n) is 15.1. The standard InChI is InChI=1S/C20H26ClN3O/c1-13-8-14(2)11-24(10-13)12-15(3)22-20(25)17-4-6-18-16(9-17)5-7-19(21)23-18/h4-7,9,13-15H,8,10-12H2,1-3H3,(H,22,25). The van der Waals surface area contributed by atoms with Crippen molar-refractivity contribution in [2.24, 2.45) is 11.8 Å². The Bertz CT molecular complexity index is 754. The lowest BCUT2D eigenvalue weighted by Crippen LogP contribution is -2.47. The molecule has 5 heteroatoms. The smallest absolute Gasteiger partial charge is 0.251 e. The molecule has 4 nitrogen and oxygen atoms in total. The number of hydrogen-bond acceptors (Lipinski definition) is 3. The Morgan fingerprint density at radius 1 is 1.28 bits per heavy atom. The minimum absolute atomic E-state index is 0.0394. The Kier molecular flexibility index (Phi) is 5.60. The predicted octanol–water partition coefficient (Wildman–Crippen LogP) is 3.98. The van der Waals surface area contributed by atoms with Gasteiger partial charge in [-0.2, -0.15) is 0 Å². The second-order valence-corrected chi connectivity index (χ2v) is 7.97. The van der Waals surface area contributed by atoms with Crippen molar-refractivity contribution in [3.8, 4) is 0 Å². The van der Waals surface area contributed by atoms with Gasteiger partial charge in [0.2, 0.25) is 0 Å². The first kappa shape index (κ1) is 18.2. The minimum atomic E-state index is -0.0394. The summed E-state index contributed by atoms with van der Waals surface area (Å²) in [6.45, 7) is 9.82. The van der Waals surface area contributed by atoms with Crippen LogP contribution in [0.5, 0.6) is 0 Å². The molecule has 2 aromatic rings. The first-order valence-electron chi connectivity index (χ1n) is 9.00. The third-order valence-electron chi connectivity index (χ3n) is 4.77. The number of benzene rings is 1. The summed E-state index contributed by atoms with van der Waals surface area (Å²) in [6.07, 6.45) is 1.30. The van der Waals surface area contributed by atoms with Gasteiger partial charge >= 0.3 is 0 Å². The average Bonchev–Trinajstić information content (AvgIpc) is 2.53. The number of likely N-dealkylation sites (tertiary alicyclic amines) is 1. The molecule has 3 unspecified atom stereocenters. The Labute approximate surface area is 154 Å². The largest absolute Gasteiger partial charge is 0.348 e. The average molecular weight is 360 g/mol. The van der Waals surface area contributed by atoms with Crippen LogP contribution >= 0.6 is 11.6 Å². The van der Waals surface area contributed by atoms with Crippen LogP contribution in [-0.2, 0) is 0 Å². The fourth-order valence-corrected chi connectivity index (χ4v) is 4.08. The first-order chi connectivity index (χ1) is 11.9. The number of piperidine rings is 1. The van der Waals surface area contributed by atoms with Gasteiger partial charge in [0.15, 0.2) is 0 Å². The van der Waals surface area contributed by atoms with Gasteiger partial charge in [-0.25, -0.2) is 4.98 Å². The highest BCUT2D eigenvalue weighted by molar-refractivity contribution is 6.29. The van der Waals surface area contributed by atoms with Gasteiger partial charge < -0.3 is 10.2 Å². The van der Waals surface area contributed by atoms with Crippen molar-refractivity contribution in [2.75, 3.05) is 19.6 Å². The van der Waals surface area contributed by atoms with E-state index in [0.717, 1.165) is 42.4 Å². The number of fused-ring (bicyclic) bond motifs is 1. The molecule has 0 spiro atoms. The van der Waals surface area contributed by atoms with E-state index >= 15 is 0 Å². The molecule has 1 aromatic heterocycles. The van der Waals surface area contributed by atoms with Gasteiger partial charge in [-0.3, -0.25) is 4.79 Å². The number of carbonyl (C=O) groups excluding carboxylic acids is 1. The molecule has 0 radical (unpaired) electrons. The molecule has 0 aliphatic carbocycles. The molecule has 1 aliphatic heterocycles. The summed E-state index contributed by atoms with van der Waals surface area (Å²) >= 11 is 5.91. The maximum Gasteiger partial charge on any atom is 0.251 e. The van der Waals surface area contributed by atoms with Crippen molar-refractivity contribution in [3.05, 3.63) is 41.0 Å². The number of nitrogens with one attached hydrogen (secondary N) is 1. The SMILES string of the molecule is CC1CC(C)CN(CC(C)NC(=O)c2ccc3nc(Cl)ccc3c2)C1. The summed E-state index contributed by atoms with van der Waals surface area (Å²) in [5.74, 6) is 1.42. The monoisotopic (exact) mass is 359 g/mol. The van der Waals surface area contributed by atoms with Crippen LogP contribution in [0.3, 0.4) is 0 Å². The van der Waals surface area contributed by atoms with E-state index in [1.54, 1.807) is 12.1 Å². The molecule has 1 saturated heterocycles. The van der Waals surface area contributed by atoms with Crippen molar-refractivity contribution in [2.45, 2.75) is 33.2 Å². The normalized spacial score (nSPS) is 22.7.